The highest BCUT2D eigenvalue weighted by Gasteiger charge is 2.23. The van der Waals surface area contributed by atoms with Gasteiger partial charge in [-0.2, -0.15) is 0 Å². The second kappa shape index (κ2) is 10.9. The van der Waals surface area contributed by atoms with Gasteiger partial charge in [0, 0.05) is 18.4 Å². The van der Waals surface area contributed by atoms with E-state index in [1.165, 1.54) is 7.11 Å². The van der Waals surface area contributed by atoms with Crippen LogP contribution in [0, 0.1) is 5.41 Å². The van der Waals surface area contributed by atoms with Gasteiger partial charge in [-0.1, -0.05) is 6.07 Å². The molecule has 0 saturated carbocycles. The van der Waals surface area contributed by atoms with E-state index in [-0.39, 0.29) is 5.84 Å². The van der Waals surface area contributed by atoms with Gasteiger partial charge in [-0.15, -0.1) is 0 Å². The fraction of sp³-hybridized carbons (Fsp3) is 0.333. The van der Waals surface area contributed by atoms with Gasteiger partial charge in [0.15, 0.2) is 17.5 Å². The summed E-state index contributed by atoms with van der Waals surface area (Å²) in [4.78, 5) is 12.4. The predicted octanol–water partition coefficient (Wildman–Crippen LogP) is 2.72. The van der Waals surface area contributed by atoms with Gasteiger partial charge in [0.2, 0.25) is 0 Å². The highest BCUT2D eigenvalue weighted by atomic mass is 16.5. The second-order valence-corrected chi connectivity index (χ2v) is 6.07. The molecule has 2 rings (SSSR count). The zero-order chi connectivity index (χ0) is 21.2. The molecule has 0 aliphatic rings. The van der Waals surface area contributed by atoms with E-state index in [1.807, 2.05) is 6.92 Å². The fourth-order valence-corrected chi connectivity index (χ4v) is 2.64. The Morgan fingerprint density at radius 1 is 1.07 bits per heavy atom. The Morgan fingerprint density at radius 3 is 2.38 bits per heavy atom. The van der Waals surface area contributed by atoms with E-state index >= 15 is 0 Å². The highest BCUT2D eigenvalue weighted by molar-refractivity contribution is 5.95. The maximum Gasteiger partial charge on any atom is 0.332 e. The fourth-order valence-electron chi connectivity index (χ4n) is 2.64. The Morgan fingerprint density at radius 2 is 1.79 bits per heavy atom. The summed E-state index contributed by atoms with van der Waals surface area (Å²) < 4.78 is 21.3. The first-order chi connectivity index (χ1) is 14.0. The summed E-state index contributed by atoms with van der Waals surface area (Å²) in [6.45, 7) is 3.16. The minimum absolute atomic E-state index is 0.0218. The highest BCUT2D eigenvalue weighted by Crippen LogP contribution is 2.32. The molecular weight excluding hydrogens is 374 g/mol. The van der Waals surface area contributed by atoms with Crippen molar-refractivity contribution >= 4 is 17.5 Å². The predicted molar refractivity (Wildman–Crippen MR) is 111 cm³/mol. The average Bonchev–Trinajstić information content (AvgIpc) is 2.73. The van der Waals surface area contributed by atoms with Crippen molar-refractivity contribution in [2.24, 2.45) is 5.73 Å². The lowest BCUT2D eigenvalue weighted by atomic mass is 10.1. The zero-order valence-corrected chi connectivity index (χ0v) is 16.9. The van der Waals surface area contributed by atoms with Crippen molar-refractivity contribution in [3.63, 3.8) is 0 Å². The molecule has 1 atom stereocenters. The molecule has 0 amide bonds. The normalized spacial score (nSPS) is 11.4. The van der Waals surface area contributed by atoms with E-state index in [9.17, 15) is 4.79 Å². The number of benzene rings is 2. The molecule has 29 heavy (non-hydrogen) atoms. The lowest BCUT2D eigenvalue weighted by Gasteiger charge is -2.20. The molecule has 0 aromatic heterocycles. The van der Waals surface area contributed by atoms with Crippen molar-refractivity contribution < 1.29 is 23.7 Å². The van der Waals surface area contributed by atoms with Crippen LogP contribution in [0.15, 0.2) is 42.5 Å². The first kappa shape index (κ1) is 22.0. The molecule has 2 aromatic rings. The third kappa shape index (κ3) is 6.11. The number of rotatable bonds is 11. The second-order valence-electron chi connectivity index (χ2n) is 6.07. The lowest BCUT2D eigenvalue weighted by Crippen LogP contribution is -2.22. The van der Waals surface area contributed by atoms with Crippen molar-refractivity contribution in [1.29, 1.82) is 5.41 Å². The number of nitrogens with two attached hydrogens (primary N) is 1. The number of methoxy groups -OCH3 is 2. The Labute approximate surface area is 170 Å². The number of nitrogen functional groups attached to an aromatic ring is 1. The molecule has 4 N–H and O–H groups in total. The molecule has 156 valence electrons. The smallest absolute Gasteiger partial charge is 0.332 e. The Bertz CT molecular complexity index is 824. The van der Waals surface area contributed by atoms with Gasteiger partial charge in [0.1, 0.15) is 12.4 Å². The quantitative estimate of drug-likeness (QED) is 0.229. The van der Waals surface area contributed by atoms with Gasteiger partial charge in [0.05, 0.1) is 20.3 Å². The molecule has 1 unspecified atom stereocenters. The molecule has 0 fully saturated rings. The number of amidine groups is 1. The van der Waals surface area contributed by atoms with E-state index in [2.05, 4.69) is 5.32 Å². The van der Waals surface area contributed by atoms with Crippen molar-refractivity contribution in [1.82, 2.24) is 0 Å². The monoisotopic (exact) mass is 401 g/mol. The third-order valence-corrected chi connectivity index (χ3v) is 4.09. The summed E-state index contributed by atoms with van der Waals surface area (Å²) in [6.07, 6.45) is 0. The minimum atomic E-state index is -0.754. The summed E-state index contributed by atoms with van der Waals surface area (Å²) in [5.74, 6) is 0.633. The van der Waals surface area contributed by atoms with Gasteiger partial charge in [-0.3, -0.25) is 5.41 Å². The van der Waals surface area contributed by atoms with Gasteiger partial charge >= 0.3 is 5.97 Å². The van der Waals surface area contributed by atoms with Crippen LogP contribution in [-0.4, -0.2) is 45.8 Å². The maximum absolute atomic E-state index is 12.4. The number of hydrogen-bond acceptors (Lipinski definition) is 7. The first-order valence-electron chi connectivity index (χ1n) is 9.17. The van der Waals surface area contributed by atoms with Gasteiger partial charge in [-0.05, 0) is 48.9 Å². The summed E-state index contributed by atoms with van der Waals surface area (Å²) in [5, 5.41) is 10.6. The topological polar surface area (TPSA) is 116 Å². The van der Waals surface area contributed by atoms with Crippen LogP contribution in [0.2, 0.25) is 0 Å². The van der Waals surface area contributed by atoms with Crippen LogP contribution < -0.4 is 20.5 Å². The molecule has 0 aliphatic heterocycles. The van der Waals surface area contributed by atoms with E-state index in [0.717, 1.165) is 0 Å². The van der Waals surface area contributed by atoms with Crippen molar-refractivity contribution in [2.45, 2.75) is 13.0 Å². The van der Waals surface area contributed by atoms with Crippen LogP contribution in [0.1, 0.15) is 24.1 Å². The van der Waals surface area contributed by atoms with Gasteiger partial charge < -0.3 is 30.0 Å². The Balaban J connectivity index is 2.29. The molecule has 0 radical (unpaired) electrons. The molecule has 0 aliphatic carbocycles. The molecule has 0 bridgehead atoms. The third-order valence-electron chi connectivity index (χ3n) is 4.09. The zero-order valence-electron chi connectivity index (χ0n) is 16.9. The Kier molecular flexibility index (Phi) is 8.29. The van der Waals surface area contributed by atoms with E-state index in [0.29, 0.717) is 48.1 Å². The van der Waals surface area contributed by atoms with Gasteiger partial charge in [0.25, 0.3) is 0 Å². The average molecular weight is 401 g/mol. The molecule has 8 heteroatoms. The van der Waals surface area contributed by atoms with E-state index in [1.54, 1.807) is 49.6 Å². The molecule has 8 nitrogen and oxygen atoms in total. The number of carbonyl (C=O) groups excluding carboxylic acids is 1. The van der Waals surface area contributed by atoms with Crippen LogP contribution in [0.5, 0.6) is 11.5 Å². The maximum atomic E-state index is 12.4. The summed E-state index contributed by atoms with van der Waals surface area (Å²) >= 11 is 0. The number of hydrogen-bond donors (Lipinski definition) is 3. The Hall–Kier alpha value is -3.26. The van der Waals surface area contributed by atoms with Crippen LogP contribution in [0.3, 0.4) is 0 Å². The van der Waals surface area contributed by atoms with E-state index in [4.69, 9.17) is 30.1 Å². The number of nitrogens with one attached hydrogen (secondary N) is 2. The largest absolute Gasteiger partial charge is 0.490 e. The first-order valence-corrected chi connectivity index (χ1v) is 9.17. The summed E-state index contributed by atoms with van der Waals surface area (Å²) in [5.41, 5.74) is 7.43. The molecule has 0 saturated heterocycles. The molecular formula is C21H27N3O5. The lowest BCUT2D eigenvalue weighted by molar-refractivity contribution is -0.141. The standard InChI is InChI=1S/C21H27N3O5/c1-4-28-18-13-15(7-10-17(18)29-12-11-26-2)19(21(25)27-3)24-16-8-5-14(6-9-16)20(22)23/h5-10,13,19,24H,4,11-12H2,1-3H3,(H3,22,23). The number of ether oxygens (including phenoxy) is 4. The molecule has 2 aromatic carbocycles. The van der Waals surface area contributed by atoms with Crippen molar-refractivity contribution in [3.8, 4) is 11.5 Å². The molecule has 0 spiro atoms. The number of anilines is 1. The summed E-state index contributed by atoms with van der Waals surface area (Å²) in [7, 11) is 2.94. The number of esters is 1. The van der Waals surface area contributed by atoms with Crippen molar-refractivity contribution in [2.75, 3.05) is 39.4 Å². The van der Waals surface area contributed by atoms with Gasteiger partial charge in [-0.25, -0.2) is 4.79 Å². The minimum Gasteiger partial charge on any atom is -0.490 e. The van der Waals surface area contributed by atoms with Crippen LogP contribution >= 0.6 is 0 Å². The SMILES string of the molecule is CCOc1cc(C(Nc2ccc(C(=N)N)cc2)C(=O)OC)ccc1OCCOC. The summed E-state index contributed by atoms with van der Waals surface area (Å²) in [6, 6.07) is 11.4. The van der Waals surface area contributed by atoms with Crippen LogP contribution in [0.25, 0.3) is 0 Å². The van der Waals surface area contributed by atoms with Crippen molar-refractivity contribution in [3.05, 3.63) is 53.6 Å². The van der Waals surface area contributed by atoms with Crippen LogP contribution in [-0.2, 0) is 14.3 Å². The molecule has 0 heterocycles. The number of carbonyl (C=O) groups is 1. The van der Waals surface area contributed by atoms with E-state index < -0.39 is 12.0 Å². The van der Waals surface area contributed by atoms with Crippen LogP contribution in [0.4, 0.5) is 5.69 Å².